The van der Waals surface area contributed by atoms with E-state index >= 15 is 0 Å². The molecule has 0 spiro atoms. The van der Waals surface area contributed by atoms with Gasteiger partial charge in [-0.25, -0.2) is 0 Å². The van der Waals surface area contributed by atoms with Crippen LogP contribution in [0.3, 0.4) is 0 Å². The van der Waals surface area contributed by atoms with Crippen molar-refractivity contribution in [2.45, 2.75) is 4.90 Å². The van der Waals surface area contributed by atoms with E-state index in [1.54, 1.807) is 37.4 Å². The molecule has 8 heteroatoms. The Morgan fingerprint density at radius 3 is 2.20 bits per heavy atom. The SMILES string of the molecule is CN(CC(=O)Nc1ccc(Nc2ccccc2)cc1)C1=NS(=O)(=O)c2ccccc21. The summed E-state index contributed by atoms with van der Waals surface area (Å²) >= 11 is 0. The Bertz CT molecular complexity index is 1210. The molecule has 3 aromatic carbocycles. The molecule has 1 aliphatic heterocycles. The van der Waals surface area contributed by atoms with Crippen LogP contribution in [0, 0.1) is 0 Å². The zero-order valence-corrected chi connectivity index (χ0v) is 17.1. The number of hydrogen-bond acceptors (Lipinski definition) is 5. The van der Waals surface area contributed by atoms with Gasteiger partial charge in [-0.2, -0.15) is 8.42 Å². The smallest absolute Gasteiger partial charge is 0.285 e. The lowest BCUT2D eigenvalue weighted by atomic mass is 10.2. The molecular formula is C22H20N4O3S. The summed E-state index contributed by atoms with van der Waals surface area (Å²) in [4.78, 5) is 14.1. The first kappa shape index (κ1) is 19.7. The highest BCUT2D eigenvalue weighted by molar-refractivity contribution is 7.90. The minimum absolute atomic E-state index is 0.0350. The molecule has 152 valence electrons. The average Bonchev–Trinajstić information content (AvgIpc) is 3.02. The zero-order valence-electron chi connectivity index (χ0n) is 16.2. The second kappa shape index (κ2) is 8.00. The summed E-state index contributed by atoms with van der Waals surface area (Å²) in [5.74, 6) is -0.00564. The third-order valence-electron chi connectivity index (χ3n) is 4.59. The summed E-state index contributed by atoms with van der Waals surface area (Å²) in [5.41, 5.74) is 3.03. The predicted octanol–water partition coefficient (Wildman–Crippen LogP) is 3.45. The van der Waals surface area contributed by atoms with Gasteiger partial charge >= 0.3 is 0 Å². The molecule has 4 rings (SSSR count). The van der Waals surface area contributed by atoms with Crippen LogP contribution in [-0.2, 0) is 14.8 Å². The van der Waals surface area contributed by atoms with E-state index in [1.165, 1.54) is 11.0 Å². The van der Waals surface area contributed by atoms with Crippen LogP contribution >= 0.6 is 0 Å². The number of carbonyl (C=O) groups excluding carboxylic acids is 1. The first-order chi connectivity index (χ1) is 14.4. The Labute approximate surface area is 175 Å². The Morgan fingerprint density at radius 2 is 1.47 bits per heavy atom. The van der Waals surface area contributed by atoms with Gasteiger partial charge in [-0.3, -0.25) is 4.79 Å². The molecule has 0 aliphatic carbocycles. The second-order valence-electron chi connectivity index (χ2n) is 6.86. The van der Waals surface area contributed by atoms with E-state index in [0.717, 1.165) is 11.4 Å². The summed E-state index contributed by atoms with van der Waals surface area (Å²) in [6, 6.07) is 23.7. The van der Waals surface area contributed by atoms with Gasteiger partial charge in [-0.1, -0.05) is 30.3 Å². The quantitative estimate of drug-likeness (QED) is 0.660. The average molecular weight is 420 g/mol. The fourth-order valence-corrected chi connectivity index (χ4v) is 4.43. The van der Waals surface area contributed by atoms with Gasteiger partial charge in [0.1, 0.15) is 4.90 Å². The van der Waals surface area contributed by atoms with Crippen molar-refractivity contribution in [2.24, 2.45) is 4.40 Å². The maximum Gasteiger partial charge on any atom is 0.285 e. The number of carbonyl (C=O) groups is 1. The molecule has 0 unspecified atom stereocenters. The standard InChI is InChI=1S/C22H20N4O3S/c1-26(22-19-9-5-6-10-20(19)30(28,29)25-22)15-21(27)24-18-13-11-17(12-14-18)23-16-7-3-2-4-8-16/h2-14,23H,15H2,1H3,(H,24,27). The minimum atomic E-state index is -3.72. The van der Waals surface area contributed by atoms with Crippen molar-refractivity contribution in [1.82, 2.24) is 4.90 Å². The van der Waals surface area contributed by atoms with Crippen LogP contribution in [0.15, 0.2) is 88.2 Å². The lowest BCUT2D eigenvalue weighted by molar-refractivity contribution is -0.116. The van der Waals surface area contributed by atoms with Crippen molar-refractivity contribution in [3.05, 3.63) is 84.4 Å². The number of amides is 1. The number of rotatable bonds is 5. The number of nitrogens with zero attached hydrogens (tertiary/aromatic N) is 2. The highest BCUT2D eigenvalue weighted by Crippen LogP contribution is 2.27. The topological polar surface area (TPSA) is 90.9 Å². The van der Waals surface area contributed by atoms with Crippen molar-refractivity contribution in [3.8, 4) is 0 Å². The van der Waals surface area contributed by atoms with Crippen molar-refractivity contribution in [3.63, 3.8) is 0 Å². The van der Waals surface area contributed by atoms with Crippen LogP contribution in [0.5, 0.6) is 0 Å². The van der Waals surface area contributed by atoms with Gasteiger partial charge in [0, 0.05) is 29.7 Å². The highest BCUT2D eigenvalue weighted by Gasteiger charge is 2.30. The van der Waals surface area contributed by atoms with E-state index in [0.29, 0.717) is 11.3 Å². The lowest BCUT2D eigenvalue weighted by Crippen LogP contribution is -2.34. The second-order valence-corrected chi connectivity index (χ2v) is 8.43. The Morgan fingerprint density at radius 1 is 0.867 bits per heavy atom. The van der Waals surface area contributed by atoms with Crippen molar-refractivity contribution < 1.29 is 13.2 Å². The van der Waals surface area contributed by atoms with E-state index in [9.17, 15) is 13.2 Å². The highest BCUT2D eigenvalue weighted by atomic mass is 32.2. The minimum Gasteiger partial charge on any atom is -0.356 e. The van der Waals surface area contributed by atoms with Crippen LogP contribution in [0.25, 0.3) is 0 Å². The largest absolute Gasteiger partial charge is 0.356 e. The van der Waals surface area contributed by atoms with Crippen molar-refractivity contribution >= 4 is 38.8 Å². The molecule has 1 aliphatic rings. The molecule has 0 saturated carbocycles. The zero-order chi connectivity index (χ0) is 21.1. The molecule has 3 aromatic rings. The molecule has 1 heterocycles. The molecule has 0 aromatic heterocycles. The van der Waals surface area contributed by atoms with Crippen LogP contribution in [0.1, 0.15) is 5.56 Å². The maximum atomic E-state index is 12.5. The molecule has 1 amide bonds. The number of para-hydroxylation sites is 1. The number of hydrogen-bond donors (Lipinski definition) is 2. The molecule has 30 heavy (non-hydrogen) atoms. The van der Waals surface area contributed by atoms with Gasteiger partial charge in [0.15, 0.2) is 5.84 Å². The number of likely N-dealkylation sites (N-methyl/N-ethyl adjacent to an activating group) is 1. The summed E-state index contributed by atoms with van der Waals surface area (Å²) in [5, 5.41) is 6.10. The summed E-state index contributed by atoms with van der Waals surface area (Å²) in [6.45, 7) is -0.0350. The molecule has 0 fully saturated rings. The molecule has 0 atom stereocenters. The molecule has 7 nitrogen and oxygen atoms in total. The normalized spacial score (nSPS) is 13.8. The van der Waals surface area contributed by atoms with E-state index in [-0.39, 0.29) is 23.2 Å². The van der Waals surface area contributed by atoms with Crippen LogP contribution in [-0.4, -0.2) is 38.7 Å². The van der Waals surface area contributed by atoms with E-state index < -0.39 is 10.0 Å². The van der Waals surface area contributed by atoms with Gasteiger partial charge in [0.05, 0.1) is 6.54 Å². The van der Waals surface area contributed by atoms with E-state index in [2.05, 4.69) is 15.0 Å². The molecule has 0 bridgehead atoms. The molecular weight excluding hydrogens is 400 g/mol. The Kier molecular flexibility index (Phi) is 5.24. The molecule has 2 N–H and O–H groups in total. The first-order valence-electron chi connectivity index (χ1n) is 9.30. The van der Waals surface area contributed by atoms with E-state index in [1.807, 2.05) is 42.5 Å². The Balaban J connectivity index is 1.39. The van der Waals surface area contributed by atoms with Gasteiger partial charge in [-0.15, -0.1) is 4.40 Å². The summed E-state index contributed by atoms with van der Waals surface area (Å²) < 4.78 is 28.2. The number of amidine groups is 1. The number of sulfonamides is 1. The van der Waals surface area contributed by atoms with Crippen molar-refractivity contribution in [2.75, 3.05) is 24.2 Å². The number of fused-ring (bicyclic) bond motifs is 1. The summed E-state index contributed by atoms with van der Waals surface area (Å²) in [7, 11) is -2.08. The number of anilines is 3. The maximum absolute atomic E-state index is 12.5. The van der Waals surface area contributed by atoms with Gasteiger partial charge in [-0.05, 0) is 48.5 Å². The monoisotopic (exact) mass is 420 g/mol. The molecule has 0 radical (unpaired) electrons. The summed E-state index contributed by atoms with van der Waals surface area (Å²) in [6.07, 6.45) is 0. The number of benzene rings is 3. The van der Waals surface area contributed by atoms with Crippen molar-refractivity contribution in [1.29, 1.82) is 0 Å². The van der Waals surface area contributed by atoms with E-state index in [4.69, 9.17) is 0 Å². The van der Waals surface area contributed by atoms with Crippen LogP contribution < -0.4 is 10.6 Å². The third-order valence-corrected chi connectivity index (χ3v) is 5.91. The number of nitrogens with one attached hydrogen (secondary N) is 2. The fourth-order valence-electron chi connectivity index (χ4n) is 3.18. The molecule has 0 saturated heterocycles. The van der Waals surface area contributed by atoms with Crippen LogP contribution in [0.2, 0.25) is 0 Å². The van der Waals surface area contributed by atoms with Crippen LogP contribution in [0.4, 0.5) is 17.1 Å². The lowest BCUT2D eigenvalue weighted by Gasteiger charge is -2.18. The van der Waals surface area contributed by atoms with Gasteiger partial charge < -0.3 is 15.5 Å². The Hall–Kier alpha value is -3.65. The van der Waals surface area contributed by atoms with Gasteiger partial charge in [0.25, 0.3) is 10.0 Å². The predicted molar refractivity (Wildman–Crippen MR) is 118 cm³/mol. The first-order valence-corrected chi connectivity index (χ1v) is 10.7. The fraction of sp³-hybridized carbons (Fsp3) is 0.0909. The third kappa shape index (κ3) is 4.18. The van der Waals surface area contributed by atoms with Gasteiger partial charge in [0.2, 0.25) is 5.91 Å².